The molecule has 1 aromatic carbocycles. The van der Waals surface area contributed by atoms with E-state index in [0.29, 0.717) is 5.92 Å². The van der Waals surface area contributed by atoms with Gasteiger partial charge in [-0.05, 0) is 48.8 Å². The summed E-state index contributed by atoms with van der Waals surface area (Å²) in [6.07, 6.45) is 8.46. The molecular formula is C18H29NO. The number of nitrogens with two attached hydrogens (primary N) is 1. The number of hydrogen-bond acceptors (Lipinski definition) is 2. The Kier molecular flexibility index (Phi) is 5.90. The molecule has 0 fully saturated rings. The highest BCUT2D eigenvalue weighted by Crippen LogP contribution is 2.34. The zero-order chi connectivity index (χ0) is 14.4. The SMILES string of the molecule is CCCCC(CC)COc1cccc2c1CCCC2N. The van der Waals surface area contributed by atoms with Gasteiger partial charge >= 0.3 is 0 Å². The van der Waals surface area contributed by atoms with E-state index in [2.05, 4.69) is 32.0 Å². The molecule has 1 aromatic rings. The van der Waals surface area contributed by atoms with Crippen LogP contribution in [0.4, 0.5) is 0 Å². The van der Waals surface area contributed by atoms with Crippen molar-refractivity contribution in [2.45, 2.75) is 64.8 Å². The summed E-state index contributed by atoms with van der Waals surface area (Å²) < 4.78 is 6.15. The molecule has 0 aliphatic heterocycles. The Hall–Kier alpha value is -1.02. The van der Waals surface area contributed by atoms with Crippen molar-refractivity contribution >= 4 is 0 Å². The summed E-state index contributed by atoms with van der Waals surface area (Å²) in [6, 6.07) is 6.57. The topological polar surface area (TPSA) is 35.2 Å². The van der Waals surface area contributed by atoms with Crippen LogP contribution in [0.5, 0.6) is 5.75 Å². The van der Waals surface area contributed by atoms with Gasteiger partial charge in [0.05, 0.1) is 6.61 Å². The number of rotatable bonds is 7. The van der Waals surface area contributed by atoms with E-state index in [4.69, 9.17) is 10.5 Å². The fourth-order valence-electron chi connectivity index (χ4n) is 3.09. The minimum atomic E-state index is 0.198. The molecule has 0 radical (unpaired) electrons. The number of fused-ring (bicyclic) bond motifs is 1. The number of ether oxygens (including phenoxy) is 1. The van der Waals surface area contributed by atoms with Gasteiger partial charge in [0.15, 0.2) is 0 Å². The molecule has 1 aliphatic carbocycles. The first-order valence-electron chi connectivity index (χ1n) is 8.26. The third kappa shape index (κ3) is 3.76. The van der Waals surface area contributed by atoms with E-state index in [1.54, 1.807) is 0 Å². The maximum Gasteiger partial charge on any atom is 0.122 e. The van der Waals surface area contributed by atoms with Crippen molar-refractivity contribution in [3.05, 3.63) is 29.3 Å². The molecule has 112 valence electrons. The number of benzene rings is 1. The van der Waals surface area contributed by atoms with Gasteiger partial charge in [-0.1, -0.05) is 45.2 Å². The van der Waals surface area contributed by atoms with Crippen molar-refractivity contribution in [2.75, 3.05) is 6.61 Å². The third-order valence-electron chi connectivity index (χ3n) is 4.53. The van der Waals surface area contributed by atoms with Crippen LogP contribution in [-0.2, 0) is 6.42 Å². The van der Waals surface area contributed by atoms with Crippen molar-refractivity contribution in [1.29, 1.82) is 0 Å². The second-order valence-electron chi connectivity index (χ2n) is 6.05. The summed E-state index contributed by atoms with van der Waals surface area (Å²) in [5.74, 6) is 1.76. The monoisotopic (exact) mass is 275 g/mol. The highest BCUT2D eigenvalue weighted by Gasteiger charge is 2.20. The molecule has 2 N–H and O–H groups in total. The van der Waals surface area contributed by atoms with Gasteiger partial charge in [0.25, 0.3) is 0 Å². The highest BCUT2D eigenvalue weighted by atomic mass is 16.5. The van der Waals surface area contributed by atoms with E-state index in [1.165, 1.54) is 43.2 Å². The molecule has 0 saturated heterocycles. The van der Waals surface area contributed by atoms with Crippen LogP contribution in [-0.4, -0.2) is 6.61 Å². The molecule has 1 aliphatic rings. The van der Waals surface area contributed by atoms with Gasteiger partial charge in [-0.15, -0.1) is 0 Å². The van der Waals surface area contributed by atoms with Crippen LogP contribution >= 0.6 is 0 Å². The predicted molar refractivity (Wildman–Crippen MR) is 85.1 cm³/mol. The Morgan fingerprint density at radius 2 is 2.20 bits per heavy atom. The van der Waals surface area contributed by atoms with Crippen LogP contribution in [0.2, 0.25) is 0 Å². The minimum absolute atomic E-state index is 0.198. The van der Waals surface area contributed by atoms with Crippen LogP contribution in [0.25, 0.3) is 0 Å². The molecule has 0 amide bonds. The zero-order valence-corrected chi connectivity index (χ0v) is 13.0. The van der Waals surface area contributed by atoms with Gasteiger partial charge in [0.2, 0.25) is 0 Å². The van der Waals surface area contributed by atoms with Gasteiger partial charge in [-0.2, -0.15) is 0 Å². The summed E-state index contributed by atoms with van der Waals surface area (Å²) in [5, 5.41) is 0. The summed E-state index contributed by atoms with van der Waals surface area (Å²) in [7, 11) is 0. The molecule has 0 aromatic heterocycles. The van der Waals surface area contributed by atoms with E-state index < -0.39 is 0 Å². The average molecular weight is 275 g/mol. The first-order valence-corrected chi connectivity index (χ1v) is 8.26. The van der Waals surface area contributed by atoms with E-state index in [-0.39, 0.29) is 6.04 Å². The predicted octanol–water partition coefficient (Wildman–Crippen LogP) is 4.62. The van der Waals surface area contributed by atoms with Crippen LogP contribution < -0.4 is 10.5 Å². The lowest BCUT2D eigenvalue weighted by Crippen LogP contribution is -2.19. The zero-order valence-electron chi connectivity index (χ0n) is 13.0. The standard InChI is InChI=1S/C18H29NO/c1-3-5-8-14(4-2)13-20-18-12-7-9-15-16(18)10-6-11-17(15)19/h7,9,12,14,17H,3-6,8,10-11,13,19H2,1-2H3. The van der Waals surface area contributed by atoms with Crippen LogP contribution in [0, 0.1) is 5.92 Å². The number of unbranched alkanes of at least 4 members (excludes halogenated alkanes) is 1. The Morgan fingerprint density at radius 1 is 1.35 bits per heavy atom. The summed E-state index contributed by atoms with van der Waals surface area (Å²) in [6.45, 7) is 5.37. The largest absolute Gasteiger partial charge is 0.493 e. The fourth-order valence-corrected chi connectivity index (χ4v) is 3.09. The van der Waals surface area contributed by atoms with Crippen molar-refractivity contribution in [3.63, 3.8) is 0 Å². The minimum Gasteiger partial charge on any atom is -0.493 e. The van der Waals surface area contributed by atoms with E-state index in [1.807, 2.05) is 0 Å². The lowest BCUT2D eigenvalue weighted by atomic mass is 9.87. The van der Waals surface area contributed by atoms with Crippen molar-refractivity contribution < 1.29 is 4.74 Å². The van der Waals surface area contributed by atoms with Gasteiger partial charge in [-0.3, -0.25) is 0 Å². The smallest absolute Gasteiger partial charge is 0.122 e. The lowest BCUT2D eigenvalue weighted by molar-refractivity contribution is 0.230. The molecule has 0 bridgehead atoms. The van der Waals surface area contributed by atoms with Crippen LogP contribution in [0.3, 0.4) is 0 Å². The quantitative estimate of drug-likeness (QED) is 0.788. The number of hydrogen-bond donors (Lipinski definition) is 1. The normalized spacial score (nSPS) is 19.4. The van der Waals surface area contributed by atoms with Crippen LogP contribution in [0.15, 0.2) is 18.2 Å². The molecule has 0 saturated carbocycles. The van der Waals surface area contributed by atoms with Crippen LogP contribution in [0.1, 0.15) is 69.5 Å². The Labute approximate surface area is 123 Å². The van der Waals surface area contributed by atoms with Gasteiger partial charge < -0.3 is 10.5 Å². The van der Waals surface area contributed by atoms with Gasteiger partial charge in [-0.25, -0.2) is 0 Å². The summed E-state index contributed by atoms with van der Waals surface area (Å²) >= 11 is 0. The molecule has 0 spiro atoms. The first kappa shape index (κ1) is 15.4. The van der Waals surface area contributed by atoms with E-state index in [0.717, 1.165) is 25.2 Å². The fraction of sp³-hybridized carbons (Fsp3) is 0.667. The maximum absolute atomic E-state index is 6.21. The van der Waals surface area contributed by atoms with Gasteiger partial charge in [0.1, 0.15) is 5.75 Å². The van der Waals surface area contributed by atoms with E-state index >= 15 is 0 Å². The molecule has 0 heterocycles. The Balaban J connectivity index is 2.01. The van der Waals surface area contributed by atoms with E-state index in [9.17, 15) is 0 Å². The molecule has 2 heteroatoms. The molecule has 20 heavy (non-hydrogen) atoms. The molecule has 2 unspecified atom stereocenters. The Morgan fingerprint density at radius 3 is 2.95 bits per heavy atom. The first-order chi connectivity index (χ1) is 9.76. The summed E-state index contributed by atoms with van der Waals surface area (Å²) in [5.41, 5.74) is 8.87. The summed E-state index contributed by atoms with van der Waals surface area (Å²) in [4.78, 5) is 0. The maximum atomic E-state index is 6.21. The highest BCUT2D eigenvalue weighted by molar-refractivity contribution is 5.43. The molecule has 2 rings (SSSR count). The Bertz CT molecular complexity index is 416. The second-order valence-corrected chi connectivity index (χ2v) is 6.05. The lowest BCUT2D eigenvalue weighted by Gasteiger charge is -2.25. The molecule has 2 atom stereocenters. The molecule has 2 nitrogen and oxygen atoms in total. The second kappa shape index (κ2) is 7.68. The van der Waals surface area contributed by atoms with Crippen molar-refractivity contribution in [2.24, 2.45) is 11.7 Å². The third-order valence-corrected chi connectivity index (χ3v) is 4.53. The average Bonchev–Trinajstić information content (AvgIpc) is 2.48. The van der Waals surface area contributed by atoms with Crippen molar-refractivity contribution in [3.8, 4) is 5.75 Å². The van der Waals surface area contributed by atoms with Gasteiger partial charge in [0, 0.05) is 6.04 Å². The van der Waals surface area contributed by atoms with Crippen molar-refractivity contribution in [1.82, 2.24) is 0 Å². The molecular weight excluding hydrogens is 246 g/mol.